The van der Waals surface area contributed by atoms with Crippen LogP contribution in [0.2, 0.25) is 0 Å². The Morgan fingerprint density at radius 3 is 2.14 bits per heavy atom. The highest BCUT2D eigenvalue weighted by molar-refractivity contribution is 5.81. The maximum absolute atomic E-state index is 11.0. The summed E-state index contributed by atoms with van der Waals surface area (Å²) >= 11 is 0. The number of piperidine rings is 1. The van der Waals surface area contributed by atoms with E-state index in [1.807, 2.05) is 6.92 Å². The van der Waals surface area contributed by atoms with Crippen molar-refractivity contribution in [3.63, 3.8) is 0 Å². The number of carbonyl (C=O) groups is 2. The van der Waals surface area contributed by atoms with Gasteiger partial charge in [0, 0.05) is 13.1 Å². The van der Waals surface area contributed by atoms with Gasteiger partial charge in [0.2, 0.25) is 0 Å². The maximum Gasteiger partial charge on any atom is 0.407 e. The van der Waals surface area contributed by atoms with Crippen LogP contribution in [0.3, 0.4) is 0 Å². The molecular weight excluding hydrogens is 186 g/mol. The first-order chi connectivity index (χ1) is 6.54. The molecule has 5 nitrogen and oxygen atoms in total. The molecule has 14 heavy (non-hydrogen) atoms. The van der Waals surface area contributed by atoms with Gasteiger partial charge in [0.1, 0.15) is 0 Å². The van der Waals surface area contributed by atoms with Gasteiger partial charge in [-0.05, 0) is 18.3 Å². The van der Waals surface area contributed by atoms with Crippen molar-refractivity contribution in [1.82, 2.24) is 4.90 Å². The van der Waals surface area contributed by atoms with Crippen LogP contribution in [0, 0.1) is 17.3 Å². The molecule has 2 fully saturated rings. The molecule has 0 aromatic carbocycles. The van der Waals surface area contributed by atoms with Crippen molar-refractivity contribution in [1.29, 1.82) is 0 Å². The molecule has 2 aliphatic rings. The van der Waals surface area contributed by atoms with Gasteiger partial charge < -0.3 is 15.1 Å². The number of nitrogens with zero attached hydrogens (tertiary/aromatic N) is 1. The van der Waals surface area contributed by atoms with Crippen molar-refractivity contribution in [3.05, 3.63) is 0 Å². The van der Waals surface area contributed by atoms with Crippen molar-refractivity contribution in [2.45, 2.75) is 13.3 Å². The summed E-state index contributed by atoms with van der Waals surface area (Å²) in [6, 6.07) is 0. The Balaban J connectivity index is 2.08. The third-order valence-electron chi connectivity index (χ3n) is 3.79. The zero-order chi connectivity index (χ0) is 10.5. The van der Waals surface area contributed by atoms with Crippen molar-refractivity contribution < 1.29 is 19.8 Å². The number of rotatable bonds is 2. The third kappa shape index (κ3) is 0.895. The molecule has 1 aliphatic carbocycles. The Morgan fingerprint density at radius 2 is 1.86 bits per heavy atom. The molecule has 0 radical (unpaired) electrons. The summed E-state index contributed by atoms with van der Waals surface area (Å²) < 4.78 is 0. The lowest BCUT2D eigenvalue weighted by Crippen LogP contribution is -2.35. The van der Waals surface area contributed by atoms with Crippen LogP contribution in [0.15, 0.2) is 0 Å². The summed E-state index contributed by atoms with van der Waals surface area (Å²) in [6.07, 6.45) is -0.335. The first-order valence-electron chi connectivity index (χ1n) is 4.75. The molecule has 1 saturated heterocycles. The van der Waals surface area contributed by atoms with E-state index in [0.717, 1.165) is 0 Å². The maximum atomic E-state index is 11.0. The average Bonchev–Trinajstić information content (AvgIpc) is 2.54. The van der Waals surface area contributed by atoms with Gasteiger partial charge >= 0.3 is 12.1 Å². The van der Waals surface area contributed by atoms with Gasteiger partial charge in [-0.1, -0.05) is 6.92 Å². The van der Waals surface area contributed by atoms with Crippen molar-refractivity contribution in [3.8, 4) is 0 Å². The summed E-state index contributed by atoms with van der Waals surface area (Å²) in [6.45, 7) is 2.64. The van der Waals surface area contributed by atoms with E-state index in [9.17, 15) is 9.59 Å². The average molecular weight is 199 g/mol. The number of amides is 1. The molecule has 1 aliphatic heterocycles. The number of hydrogen-bond acceptors (Lipinski definition) is 2. The molecule has 1 unspecified atom stereocenters. The van der Waals surface area contributed by atoms with Crippen LogP contribution in [-0.4, -0.2) is 40.3 Å². The van der Waals surface area contributed by atoms with Crippen LogP contribution in [0.25, 0.3) is 0 Å². The van der Waals surface area contributed by atoms with E-state index in [1.54, 1.807) is 0 Å². The van der Waals surface area contributed by atoms with Crippen LogP contribution < -0.4 is 0 Å². The number of fused-ring (bicyclic) bond motifs is 1. The number of aliphatic carboxylic acids is 1. The van der Waals surface area contributed by atoms with Crippen molar-refractivity contribution >= 4 is 12.1 Å². The molecule has 0 aromatic rings. The zero-order valence-corrected chi connectivity index (χ0v) is 7.93. The lowest BCUT2D eigenvalue weighted by atomic mass is 9.97. The standard InChI is InChI=1S/C9H13NO4/c1-2-9(7(11)12)5-3-10(8(13)14)4-6(5)9/h5-6H,2-4H2,1H3,(H,11,12)(H,13,14)/t5-,6+,9?. The molecule has 2 N–H and O–H groups in total. The lowest BCUT2D eigenvalue weighted by Gasteiger charge is -2.20. The van der Waals surface area contributed by atoms with E-state index >= 15 is 0 Å². The predicted molar refractivity (Wildman–Crippen MR) is 46.9 cm³/mol. The van der Waals surface area contributed by atoms with Gasteiger partial charge in [-0.3, -0.25) is 4.79 Å². The fourth-order valence-corrected chi connectivity index (χ4v) is 2.88. The van der Waals surface area contributed by atoms with E-state index in [-0.39, 0.29) is 11.8 Å². The van der Waals surface area contributed by atoms with Crippen LogP contribution >= 0.6 is 0 Å². The molecule has 2 rings (SSSR count). The molecule has 78 valence electrons. The number of hydrogen-bond donors (Lipinski definition) is 2. The monoisotopic (exact) mass is 199 g/mol. The van der Waals surface area contributed by atoms with Crippen molar-refractivity contribution in [2.75, 3.05) is 13.1 Å². The summed E-state index contributed by atoms with van der Waals surface area (Å²) in [7, 11) is 0. The Hall–Kier alpha value is -1.26. The molecule has 1 amide bonds. The highest BCUT2D eigenvalue weighted by Crippen LogP contribution is 2.64. The Labute approximate surface area is 81.3 Å². The molecule has 3 atom stereocenters. The Kier molecular flexibility index (Phi) is 1.74. The first-order valence-corrected chi connectivity index (χ1v) is 4.75. The Bertz CT molecular complexity index is 289. The quantitative estimate of drug-likeness (QED) is 0.686. The second-order valence-corrected chi connectivity index (χ2v) is 4.10. The minimum Gasteiger partial charge on any atom is -0.481 e. The van der Waals surface area contributed by atoms with Gasteiger partial charge in [-0.25, -0.2) is 4.79 Å². The van der Waals surface area contributed by atoms with Gasteiger partial charge in [0.05, 0.1) is 5.41 Å². The minimum absolute atomic E-state index is 0.0427. The van der Waals surface area contributed by atoms with Gasteiger partial charge in [-0.2, -0.15) is 0 Å². The van der Waals surface area contributed by atoms with Crippen LogP contribution in [0.5, 0.6) is 0 Å². The minimum atomic E-state index is -0.937. The predicted octanol–water partition coefficient (Wildman–Crippen LogP) is 0.707. The molecule has 5 heteroatoms. The molecule has 0 aromatic heterocycles. The Morgan fingerprint density at radius 1 is 1.36 bits per heavy atom. The summed E-state index contributed by atoms with van der Waals surface area (Å²) in [5.41, 5.74) is -0.619. The van der Waals surface area contributed by atoms with Gasteiger partial charge in [0.15, 0.2) is 0 Å². The number of carboxylic acids is 1. The molecule has 1 saturated carbocycles. The van der Waals surface area contributed by atoms with E-state index in [2.05, 4.69) is 0 Å². The molecule has 0 spiro atoms. The van der Waals surface area contributed by atoms with Gasteiger partial charge in [-0.15, -0.1) is 0 Å². The topological polar surface area (TPSA) is 77.8 Å². The first kappa shape index (κ1) is 9.30. The number of likely N-dealkylation sites (tertiary alicyclic amines) is 1. The summed E-state index contributed by atoms with van der Waals surface area (Å²) in [5, 5.41) is 17.8. The second-order valence-electron chi connectivity index (χ2n) is 4.10. The van der Waals surface area contributed by atoms with Crippen molar-refractivity contribution in [2.24, 2.45) is 17.3 Å². The second kappa shape index (κ2) is 2.62. The van der Waals surface area contributed by atoms with E-state index in [0.29, 0.717) is 19.5 Å². The molecular formula is C9H13NO4. The van der Waals surface area contributed by atoms with E-state index in [1.165, 1.54) is 4.90 Å². The third-order valence-corrected chi connectivity index (χ3v) is 3.79. The van der Waals surface area contributed by atoms with Crippen LogP contribution in [0.4, 0.5) is 4.79 Å². The highest BCUT2D eigenvalue weighted by atomic mass is 16.4. The number of carboxylic acid groups (broad SMARTS) is 2. The normalized spacial score (nSPS) is 39.4. The summed E-state index contributed by atoms with van der Waals surface area (Å²) in [5.74, 6) is -0.678. The highest BCUT2D eigenvalue weighted by Gasteiger charge is 2.72. The van der Waals surface area contributed by atoms with E-state index in [4.69, 9.17) is 10.2 Å². The SMILES string of the molecule is CCC1(C(=O)O)[C@@H]2CN(C(=O)O)C[C@@H]21. The van der Waals surface area contributed by atoms with E-state index < -0.39 is 17.5 Å². The summed E-state index contributed by atoms with van der Waals surface area (Å²) in [4.78, 5) is 23.0. The van der Waals surface area contributed by atoms with Crippen LogP contribution in [-0.2, 0) is 4.79 Å². The molecule has 0 bridgehead atoms. The fourth-order valence-electron chi connectivity index (χ4n) is 2.88. The zero-order valence-electron chi connectivity index (χ0n) is 7.93. The lowest BCUT2D eigenvalue weighted by molar-refractivity contribution is -0.145. The largest absolute Gasteiger partial charge is 0.481 e. The van der Waals surface area contributed by atoms with Gasteiger partial charge in [0.25, 0.3) is 0 Å². The smallest absolute Gasteiger partial charge is 0.407 e. The molecule has 1 heterocycles. The van der Waals surface area contributed by atoms with Crippen LogP contribution in [0.1, 0.15) is 13.3 Å². The fraction of sp³-hybridized carbons (Fsp3) is 0.778.